The van der Waals surface area contributed by atoms with Crippen molar-refractivity contribution >= 4 is 11.6 Å². The van der Waals surface area contributed by atoms with Crippen molar-refractivity contribution < 1.29 is 5.11 Å². The summed E-state index contributed by atoms with van der Waals surface area (Å²) in [5.41, 5.74) is 0.117. The third-order valence-corrected chi connectivity index (χ3v) is 2.95. The summed E-state index contributed by atoms with van der Waals surface area (Å²) in [6, 6.07) is 0. The van der Waals surface area contributed by atoms with E-state index >= 15 is 0 Å². The van der Waals surface area contributed by atoms with Crippen LogP contribution in [0.3, 0.4) is 0 Å². The van der Waals surface area contributed by atoms with Crippen molar-refractivity contribution in [1.29, 1.82) is 0 Å². The first-order chi connectivity index (χ1) is 6.18. The van der Waals surface area contributed by atoms with Gasteiger partial charge in [-0.1, -0.05) is 31.0 Å². The van der Waals surface area contributed by atoms with Crippen molar-refractivity contribution in [2.75, 3.05) is 19.7 Å². The van der Waals surface area contributed by atoms with E-state index in [1.807, 2.05) is 0 Å². The Morgan fingerprint density at radius 2 is 2.08 bits per heavy atom. The van der Waals surface area contributed by atoms with Gasteiger partial charge in [-0.2, -0.15) is 0 Å². The smallest absolute Gasteiger partial charge is 0.0499 e. The topological polar surface area (TPSA) is 32.3 Å². The largest absolute Gasteiger partial charge is 0.396 e. The van der Waals surface area contributed by atoms with E-state index < -0.39 is 0 Å². The highest BCUT2D eigenvalue weighted by molar-refractivity contribution is 6.29. The van der Waals surface area contributed by atoms with Gasteiger partial charge in [0, 0.05) is 30.1 Å². The highest BCUT2D eigenvalue weighted by Crippen LogP contribution is 2.36. The summed E-state index contributed by atoms with van der Waals surface area (Å²) in [6.45, 7) is 5.39. The average Bonchev–Trinajstić information content (AvgIpc) is 2.53. The molecule has 0 unspecified atom stereocenters. The molecule has 0 bridgehead atoms. The Morgan fingerprint density at radius 1 is 1.46 bits per heavy atom. The second-order valence-electron chi connectivity index (χ2n) is 3.99. The minimum Gasteiger partial charge on any atom is -0.396 e. The van der Waals surface area contributed by atoms with Gasteiger partial charge in [0.05, 0.1) is 0 Å². The van der Waals surface area contributed by atoms with E-state index in [0.717, 1.165) is 19.4 Å². The van der Waals surface area contributed by atoms with Crippen LogP contribution in [0.25, 0.3) is 0 Å². The maximum absolute atomic E-state index is 9.29. The van der Waals surface area contributed by atoms with E-state index in [2.05, 4.69) is 11.9 Å². The molecule has 1 rings (SSSR count). The van der Waals surface area contributed by atoms with Gasteiger partial charge in [0.15, 0.2) is 0 Å². The van der Waals surface area contributed by atoms with Crippen LogP contribution in [-0.4, -0.2) is 24.8 Å². The van der Waals surface area contributed by atoms with Crippen LogP contribution in [0.1, 0.15) is 25.7 Å². The molecule has 76 valence electrons. The molecule has 0 saturated heterocycles. The van der Waals surface area contributed by atoms with E-state index in [-0.39, 0.29) is 12.0 Å². The molecule has 0 radical (unpaired) electrons. The first-order valence-electron chi connectivity index (χ1n) is 4.83. The first kappa shape index (κ1) is 11.0. The lowest BCUT2D eigenvalue weighted by Gasteiger charge is -2.26. The van der Waals surface area contributed by atoms with Gasteiger partial charge in [-0.05, 0) is 12.8 Å². The SMILES string of the molecule is C=C(Cl)CNCC1(CO)CCCC1. The number of aliphatic hydroxyl groups excluding tert-OH is 1. The maximum atomic E-state index is 9.29. The Labute approximate surface area is 85.0 Å². The number of hydrogen-bond donors (Lipinski definition) is 2. The Morgan fingerprint density at radius 3 is 2.54 bits per heavy atom. The molecule has 1 fully saturated rings. The summed E-state index contributed by atoms with van der Waals surface area (Å²) in [6.07, 6.45) is 4.74. The average molecular weight is 204 g/mol. The van der Waals surface area contributed by atoms with Gasteiger partial charge in [-0.25, -0.2) is 0 Å². The van der Waals surface area contributed by atoms with E-state index in [9.17, 15) is 5.11 Å². The van der Waals surface area contributed by atoms with Crippen LogP contribution < -0.4 is 5.32 Å². The second-order valence-corrected chi connectivity index (χ2v) is 4.52. The quantitative estimate of drug-likeness (QED) is 0.715. The Kier molecular flexibility index (Phi) is 4.23. The Balaban J connectivity index is 2.27. The highest BCUT2D eigenvalue weighted by atomic mass is 35.5. The summed E-state index contributed by atoms with van der Waals surface area (Å²) >= 11 is 5.63. The van der Waals surface area contributed by atoms with Crippen molar-refractivity contribution in [1.82, 2.24) is 5.32 Å². The maximum Gasteiger partial charge on any atom is 0.0499 e. The van der Waals surface area contributed by atoms with Crippen LogP contribution in [0, 0.1) is 5.41 Å². The molecule has 0 atom stereocenters. The normalized spacial score (nSPS) is 20.5. The van der Waals surface area contributed by atoms with Gasteiger partial charge in [0.2, 0.25) is 0 Å². The lowest BCUT2D eigenvalue weighted by Crippen LogP contribution is -2.35. The fourth-order valence-electron chi connectivity index (χ4n) is 1.98. The molecule has 1 saturated carbocycles. The molecule has 2 N–H and O–H groups in total. The van der Waals surface area contributed by atoms with Gasteiger partial charge in [-0.15, -0.1) is 0 Å². The number of rotatable bonds is 5. The number of halogens is 1. The van der Waals surface area contributed by atoms with Crippen LogP contribution in [0.2, 0.25) is 0 Å². The van der Waals surface area contributed by atoms with E-state index in [1.165, 1.54) is 12.8 Å². The van der Waals surface area contributed by atoms with Crippen molar-refractivity contribution in [3.8, 4) is 0 Å². The molecule has 1 aliphatic rings. The van der Waals surface area contributed by atoms with Crippen molar-refractivity contribution in [3.05, 3.63) is 11.6 Å². The zero-order chi connectivity index (χ0) is 9.73. The molecule has 0 aromatic heterocycles. The summed E-state index contributed by atoms with van der Waals surface area (Å²) in [5, 5.41) is 13.1. The molecular formula is C10H18ClNO. The molecule has 0 aromatic rings. The number of aliphatic hydroxyl groups is 1. The minimum atomic E-state index is 0.117. The lowest BCUT2D eigenvalue weighted by molar-refractivity contribution is 0.129. The van der Waals surface area contributed by atoms with Gasteiger partial charge in [0.1, 0.15) is 0 Å². The fraction of sp³-hybridized carbons (Fsp3) is 0.800. The third-order valence-electron chi connectivity index (χ3n) is 2.82. The Bertz CT molecular complexity index is 176. The Hall–Kier alpha value is -0.0500. The van der Waals surface area contributed by atoms with Gasteiger partial charge >= 0.3 is 0 Å². The summed E-state index contributed by atoms with van der Waals surface area (Å²) < 4.78 is 0. The zero-order valence-corrected chi connectivity index (χ0v) is 8.74. The molecule has 0 heterocycles. The lowest BCUT2D eigenvalue weighted by atomic mass is 9.87. The molecule has 3 heteroatoms. The standard InChI is InChI=1S/C10H18ClNO/c1-9(11)6-12-7-10(8-13)4-2-3-5-10/h12-13H,1-8H2. The summed E-state index contributed by atoms with van der Waals surface area (Å²) in [5.74, 6) is 0. The summed E-state index contributed by atoms with van der Waals surface area (Å²) in [4.78, 5) is 0. The fourth-order valence-corrected chi connectivity index (χ4v) is 2.07. The molecule has 0 amide bonds. The molecular weight excluding hydrogens is 186 g/mol. The second kappa shape index (κ2) is 4.99. The van der Waals surface area contributed by atoms with Crippen LogP contribution >= 0.6 is 11.6 Å². The predicted molar refractivity (Wildman–Crippen MR) is 55.8 cm³/mol. The molecule has 0 aromatic carbocycles. The molecule has 1 aliphatic carbocycles. The van der Waals surface area contributed by atoms with E-state index in [4.69, 9.17) is 11.6 Å². The number of nitrogens with one attached hydrogen (secondary N) is 1. The predicted octanol–water partition coefficient (Wildman–Crippen LogP) is 1.88. The summed E-state index contributed by atoms with van der Waals surface area (Å²) in [7, 11) is 0. The van der Waals surface area contributed by atoms with Crippen molar-refractivity contribution in [2.45, 2.75) is 25.7 Å². The molecule has 13 heavy (non-hydrogen) atoms. The van der Waals surface area contributed by atoms with E-state index in [0.29, 0.717) is 11.6 Å². The zero-order valence-electron chi connectivity index (χ0n) is 7.98. The van der Waals surface area contributed by atoms with Crippen molar-refractivity contribution in [2.24, 2.45) is 5.41 Å². The van der Waals surface area contributed by atoms with Gasteiger partial charge < -0.3 is 10.4 Å². The van der Waals surface area contributed by atoms with Crippen LogP contribution in [-0.2, 0) is 0 Å². The van der Waals surface area contributed by atoms with Crippen molar-refractivity contribution in [3.63, 3.8) is 0 Å². The first-order valence-corrected chi connectivity index (χ1v) is 5.21. The minimum absolute atomic E-state index is 0.117. The molecule has 0 aliphatic heterocycles. The molecule has 0 spiro atoms. The van der Waals surface area contributed by atoms with Crippen LogP contribution in [0.5, 0.6) is 0 Å². The molecule has 2 nitrogen and oxygen atoms in total. The van der Waals surface area contributed by atoms with Crippen LogP contribution in [0.15, 0.2) is 11.6 Å². The highest BCUT2D eigenvalue weighted by Gasteiger charge is 2.32. The number of hydrogen-bond acceptors (Lipinski definition) is 2. The van der Waals surface area contributed by atoms with Gasteiger partial charge in [0.25, 0.3) is 0 Å². The van der Waals surface area contributed by atoms with Crippen LogP contribution in [0.4, 0.5) is 0 Å². The monoisotopic (exact) mass is 203 g/mol. The van der Waals surface area contributed by atoms with E-state index in [1.54, 1.807) is 0 Å². The van der Waals surface area contributed by atoms with Gasteiger partial charge in [-0.3, -0.25) is 0 Å². The third kappa shape index (κ3) is 3.29.